The molecule has 0 aromatic rings. The molecule has 0 aromatic heterocycles. The van der Waals surface area contributed by atoms with Crippen molar-refractivity contribution in [3.8, 4) is 0 Å². The first kappa shape index (κ1) is 12.0. The smallest absolute Gasteiger partial charge is 0.168 e. The summed E-state index contributed by atoms with van der Waals surface area (Å²) in [4.78, 5) is 0. The summed E-state index contributed by atoms with van der Waals surface area (Å²) in [5.41, 5.74) is 0. The van der Waals surface area contributed by atoms with Crippen LogP contribution in [-0.4, -0.2) is 19.0 Å². The van der Waals surface area contributed by atoms with E-state index in [1.807, 2.05) is 0 Å². The minimum absolute atomic E-state index is 0.248. The van der Waals surface area contributed by atoms with Gasteiger partial charge in [0, 0.05) is 12.8 Å². The first-order valence-corrected chi connectivity index (χ1v) is 5.96. The normalized spacial score (nSPS) is 21.4. The van der Waals surface area contributed by atoms with Crippen LogP contribution in [0.4, 0.5) is 0 Å². The Morgan fingerprint density at radius 2 is 1.86 bits per heavy atom. The number of hydrogen-bond donors (Lipinski definition) is 0. The third-order valence-corrected chi connectivity index (χ3v) is 2.65. The van der Waals surface area contributed by atoms with E-state index in [4.69, 9.17) is 9.47 Å². The zero-order chi connectivity index (χ0) is 10.4. The zero-order valence-corrected chi connectivity index (χ0v) is 9.84. The van der Waals surface area contributed by atoms with Crippen molar-refractivity contribution in [2.75, 3.05) is 13.2 Å². The average molecular weight is 200 g/mol. The van der Waals surface area contributed by atoms with E-state index in [9.17, 15) is 0 Å². The molecule has 1 rings (SSSR count). The van der Waals surface area contributed by atoms with E-state index in [1.165, 1.54) is 12.8 Å². The van der Waals surface area contributed by atoms with Gasteiger partial charge in [0.25, 0.3) is 0 Å². The topological polar surface area (TPSA) is 18.5 Å². The summed E-state index contributed by atoms with van der Waals surface area (Å²) < 4.78 is 11.7. The Labute approximate surface area is 88.0 Å². The molecular formula is C12H24O2. The van der Waals surface area contributed by atoms with E-state index >= 15 is 0 Å². The molecule has 0 bridgehead atoms. The first-order valence-electron chi connectivity index (χ1n) is 5.96. The quantitative estimate of drug-likeness (QED) is 0.677. The van der Waals surface area contributed by atoms with Gasteiger partial charge < -0.3 is 9.47 Å². The predicted octanol–water partition coefficient (Wildman–Crippen LogP) is 3.36. The lowest BCUT2D eigenvalue weighted by molar-refractivity contribution is -0.277. The van der Waals surface area contributed by atoms with Gasteiger partial charge in [0.15, 0.2) is 5.79 Å². The molecule has 0 saturated carbocycles. The van der Waals surface area contributed by atoms with Gasteiger partial charge in [-0.05, 0) is 18.8 Å². The molecule has 1 heterocycles. The zero-order valence-electron chi connectivity index (χ0n) is 9.84. The second-order valence-electron chi connectivity index (χ2n) is 4.66. The average Bonchev–Trinajstić information content (AvgIpc) is 2.15. The second-order valence-corrected chi connectivity index (χ2v) is 4.66. The maximum atomic E-state index is 5.86. The van der Waals surface area contributed by atoms with Crippen LogP contribution in [-0.2, 0) is 9.47 Å². The van der Waals surface area contributed by atoms with E-state index in [-0.39, 0.29) is 5.79 Å². The van der Waals surface area contributed by atoms with E-state index in [1.54, 1.807) is 0 Å². The third kappa shape index (κ3) is 3.58. The molecule has 0 atom stereocenters. The van der Waals surface area contributed by atoms with Gasteiger partial charge in [-0.15, -0.1) is 0 Å². The molecule has 1 saturated heterocycles. The van der Waals surface area contributed by atoms with E-state index in [0.717, 1.165) is 32.5 Å². The van der Waals surface area contributed by atoms with Crippen LogP contribution in [0.15, 0.2) is 0 Å². The lowest BCUT2D eigenvalue weighted by Gasteiger charge is -2.38. The molecule has 0 unspecified atom stereocenters. The summed E-state index contributed by atoms with van der Waals surface area (Å²) in [6.45, 7) is 8.42. The van der Waals surface area contributed by atoms with Gasteiger partial charge in [-0.25, -0.2) is 0 Å². The summed E-state index contributed by atoms with van der Waals surface area (Å²) >= 11 is 0. The van der Waals surface area contributed by atoms with Crippen molar-refractivity contribution >= 4 is 0 Å². The molecule has 2 heteroatoms. The van der Waals surface area contributed by atoms with E-state index in [2.05, 4.69) is 20.8 Å². The van der Waals surface area contributed by atoms with Gasteiger partial charge in [0.1, 0.15) is 0 Å². The molecule has 0 aromatic carbocycles. The summed E-state index contributed by atoms with van der Waals surface area (Å²) in [5, 5.41) is 0. The van der Waals surface area contributed by atoms with Crippen molar-refractivity contribution < 1.29 is 9.47 Å². The fraction of sp³-hybridized carbons (Fsp3) is 1.00. The molecule has 0 aliphatic carbocycles. The van der Waals surface area contributed by atoms with Gasteiger partial charge in [0.2, 0.25) is 0 Å². The van der Waals surface area contributed by atoms with Crippen LogP contribution in [0.1, 0.15) is 52.9 Å². The van der Waals surface area contributed by atoms with E-state index < -0.39 is 0 Å². The van der Waals surface area contributed by atoms with Crippen LogP contribution >= 0.6 is 0 Å². The third-order valence-electron chi connectivity index (χ3n) is 2.65. The molecule has 0 N–H and O–H groups in total. The van der Waals surface area contributed by atoms with Crippen molar-refractivity contribution in [1.29, 1.82) is 0 Å². The highest BCUT2D eigenvalue weighted by Crippen LogP contribution is 2.31. The highest BCUT2D eigenvalue weighted by Gasteiger charge is 2.34. The Balaban J connectivity index is 2.47. The Hall–Kier alpha value is -0.0800. The molecule has 0 amide bonds. The number of ether oxygens (including phenoxy) is 2. The predicted molar refractivity (Wildman–Crippen MR) is 58.2 cm³/mol. The Morgan fingerprint density at radius 1 is 1.21 bits per heavy atom. The molecule has 14 heavy (non-hydrogen) atoms. The van der Waals surface area contributed by atoms with Crippen molar-refractivity contribution in [2.24, 2.45) is 5.92 Å². The van der Waals surface area contributed by atoms with Gasteiger partial charge >= 0.3 is 0 Å². The molecule has 84 valence electrons. The maximum absolute atomic E-state index is 5.86. The summed E-state index contributed by atoms with van der Waals surface area (Å²) in [6, 6.07) is 0. The minimum atomic E-state index is -0.248. The van der Waals surface area contributed by atoms with Crippen LogP contribution in [0, 0.1) is 5.92 Å². The highest BCUT2D eigenvalue weighted by molar-refractivity contribution is 4.74. The molecular weight excluding hydrogens is 176 g/mol. The summed E-state index contributed by atoms with van der Waals surface area (Å²) in [6.07, 6.45) is 5.56. The molecule has 0 spiro atoms. The molecule has 0 radical (unpaired) electrons. The molecule has 2 nitrogen and oxygen atoms in total. The Kier molecular flexibility index (Phi) is 4.90. The van der Waals surface area contributed by atoms with E-state index in [0.29, 0.717) is 5.92 Å². The van der Waals surface area contributed by atoms with Crippen molar-refractivity contribution in [2.45, 2.75) is 58.7 Å². The standard InChI is InChI=1S/C12H24O2/c1-4-5-7-12(10-11(2)3)13-8-6-9-14-12/h11H,4-10H2,1-3H3. The van der Waals surface area contributed by atoms with Crippen molar-refractivity contribution in [3.63, 3.8) is 0 Å². The summed E-state index contributed by atoms with van der Waals surface area (Å²) in [7, 11) is 0. The lowest BCUT2D eigenvalue weighted by atomic mass is 9.97. The Bertz CT molecular complexity index is 148. The number of unbranched alkanes of at least 4 members (excludes halogenated alkanes) is 1. The van der Waals surface area contributed by atoms with Crippen LogP contribution in [0.5, 0.6) is 0 Å². The second kappa shape index (κ2) is 5.72. The van der Waals surface area contributed by atoms with Gasteiger partial charge in [0.05, 0.1) is 13.2 Å². The van der Waals surface area contributed by atoms with Gasteiger partial charge in [-0.1, -0.05) is 27.2 Å². The highest BCUT2D eigenvalue weighted by atomic mass is 16.7. The minimum Gasteiger partial charge on any atom is -0.350 e. The lowest BCUT2D eigenvalue weighted by Crippen LogP contribution is -2.41. The van der Waals surface area contributed by atoms with Crippen LogP contribution < -0.4 is 0 Å². The van der Waals surface area contributed by atoms with Crippen molar-refractivity contribution in [3.05, 3.63) is 0 Å². The monoisotopic (exact) mass is 200 g/mol. The summed E-state index contributed by atoms with van der Waals surface area (Å²) in [5.74, 6) is 0.396. The fourth-order valence-corrected chi connectivity index (χ4v) is 2.05. The fourth-order valence-electron chi connectivity index (χ4n) is 2.05. The molecule has 1 aliphatic heterocycles. The molecule has 1 aliphatic rings. The molecule has 1 fully saturated rings. The Morgan fingerprint density at radius 3 is 2.36 bits per heavy atom. The van der Waals surface area contributed by atoms with Gasteiger partial charge in [-0.3, -0.25) is 0 Å². The van der Waals surface area contributed by atoms with Crippen molar-refractivity contribution in [1.82, 2.24) is 0 Å². The largest absolute Gasteiger partial charge is 0.350 e. The van der Waals surface area contributed by atoms with Crippen LogP contribution in [0.3, 0.4) is 0 Å². The maximum Gasteiger partial charge on any atom is 0.168 e. The van der Waals surface area contributed by atoms with Crippen LogP contribution in [0.2, 0.25) is 0 Å². The van der Waals surface area contributed by atoms with Gasteiger partial charge in [-0.2, -0.15) is 0 Å². The number of rotatable bonds is 5. The first-order chi connectivity index (χ1) is 6.68. The van der Waals surface area contributed by atoms with Crippen LogP contribution in [0.25, 0.3) is 0 Å². The SMILES string of the molecule is CCCCC1(CC(C)C)OCCCO1. The number of hydrogen-bond acceptors (Lipinski definition) is 2.